The number of aliphatic hydroxyl groups is 7. The third-order valence-corrected chi connectivity index (χ3v) is 4.49. The van der Waals surface area contributed by atoms with Crippen molar-refractivity contribution in [3.63, 3.8) is 0 Å². The molecule has 0 spiro atoms. The Hall–Kier alpha value is -2.12. The first kappa shape index (κ1) is 21.2. The topological polar surface area (TPSA) is 176 Å². The highest BCUT2D eigenvalue weighted by Gasteiger charge is 2.45. The van der Waals surface area contributed by atoms with Gasteiger partial charge in [0.1, 0.15) is 5.82 Å². The van der Waals surface area contributed by atoms with Gasteiger partial charge < -0.3 is 45.6 Å². The number of carbonyl (C=O) groups excluding carboxylic acids is 1. The SMILES string of the molecule is CC(C)(c1cc2cc(NC=O)c(F)cc2n1CC(O)C(O)(O)O)C(O)(O)O. The number of benzene rings is 1. The largest absolute Gasteiger partial charge is 0.383 e. The summed E-state index contributed by atoms with van der Waals surface area (Å²) in [5, 5.41) is 68.8. The van der Waals surface area contributed by atoms with Gasteiger partial charge in [0, 0.05) is 17.1 Å². The standard InChI is InChI=1S/C16H21FN2O8/c1-14(2,16(25,26)27)12-4-8-3-10(18-7-20)9(17)5-11(8)19(12)6-13(21)15(22,23)24/h3-5,7,13,21-27H,6H2,1-2H3,(H,18,20). The molecule has 1 amide bonds. The zero-order valence-electron chi connectivity index (χ0n) is 14.5. The number of hydrogen-bond acceptors (Lipinski definition) is 8. The molecule has 1 atom stereocenters. The van der Waals surface area contributed by atoms with Gasteiger partial charge in [-0.05, 0) is 26.0 Å². The van der Waals surface area contributed by atoms with E-state index < -0.39 is 35.8 Å². The molecule has 0 aliphatic heterocycles. The fourth-order valence-corrected chi connectivity index (χ4v) is 2.64. The van der Waals surface area contributed by atoms with Gasteiger partial charge in [-0.15, -0.1) is 0 Å². The molecule has 10 nitrogen and oxygen atoms in total. The van der Waals surface area contributed by atoms with Crippen LogP contribution in [0.1, 0.15) is 19.5 Å². The summed E-state index contributed by atoms with van der Waals surface area (Å²) in [5.74, 6) is -7.58. The molecule has 150 valence electrons. The number of fused-ring (bicyclic) bond motifs is 1. The molecule has 27 heavy (non-hydrogen) atoms. The van der Waals surface area contributed by atoms with Crippen molar-refractivity contribution in [1.29, 1.82) is 0 Å². The van der Waals surface area contributed by atoms with Gasteiger partial charge in [-0.3, -0.25) is 4.79 Å². The van der Waals surface area contributed by atoms with Crippen LogP contribution in [0.25, 0.3) is 10.9 Å². The maximum absolute atomic E-state index is 14.2. The van der Waals surface area contributed by atoms with Crippen LogP contribution >= 0.6 is 0 Å². The number of nitrogens with one attached hydrogen (secondary N) is 1. The first-order chi connectivity index (χ1) is 12.2. The van der Waals surface area contributed by atoms with Crippen LogP contribution in [0.15, 0.2) is 18.2 Å². The summed E-state index contributed by atoms with van der Waals surface area (Å²) >= 11 is 0. The third kappa shape index (κ3) is 3.94. The minimum Gasteiger partial charge on any atom is -0.383 e. The monoisotopic (exact) mass is 388 g/mol. The van der Waals surface area contributed by atoms with Crippen molar-refractivity contribution >= 4 is 23.0 Å². The van der Waals surface area contributed by atoms with E-state index in [1.54, 1.807) is 0 Å². The average molecular weight is 388 g/mol. The molecular weight excluding hydrogens is 367 g/mol. The highest BCUT2D eigenvalue weighted by atomic mass is 19.1. The van der Waals surface area contributed by atoms with Crippen molar-refractivity contribution in [3.8, 4) is 0 Å². The number of hydrogen-bond donors (Lipinski definition) is 8. The van der Waals surface area contributed by atoms with Crippen LogP contribution in [0.3, 0.4) is 0 Å². The van der Waals surface area contributed by atoms with Gasteiger partial charge in [0.25, 0.3) is 5.97 Å². The van der Waals surface area contributed by atoms with Crippen LogP contribution in [0.5, 0.6) is 0 Å². The zero-order chi connectivity index (χ0) is 20.8. The molecule has 11 heteroatoms. The van der Waals surface area contributed by atoms with Crippen LogP contribution in [-0.4, -0.2) is 64.8 Å². The van der Waals surface area contributed by atoms with Crippen molar-refractivity contribution in [3.05, 3.63) is 29.7 Å². The normalized spacial score (nSPS) is 14.4. The average Bonchev–Trinajstić information content (AvgIpc) is 2.84. The Labute approximate surface area is 152 Å². The van der Waals surface area contributed by atoms with E-state index in [-0.39, 0.29) is 28.7 Å². The molecule has 1 aromatic carbocycles. The lowest BCUT2D eigenvalue weighted by Crippen LogP contribution is -2.50. The van der Waals surface area contributed by atoms with E-state index in [0.29, 0.717) is 0 Å². The molecule has 0 radical (unpaired) electrons. The first-order valence-corrected chi connectivity index (χ1v) is 7.76. The Morgan fingerprint density at radius 1 is 1.15 bits per heavy atom. The van der Waals surface area contributed by atoms with Crippen LogP contribution in [-0.2, 0) is 16.8 Å². The van der Waals surface area contributed by atoms with Gasteiger partial charge in [0.2, 0.25) is 6.41 Å². The number of aliphatic hydroxyl groups excluding tert-OH is 1. The Morgan fingerprint density at radius 3 is 2.22 bits per heavy atom. The molecule has 0 saturated heterocycles. The number of nitrogens with zero attached hydrogens (tertiary/aromatic N) is 1. The van der Waals surface area contributed by atoms with Crippen molar-refractivity contribution in [2.75, 3.05) is 5.32 Å². The van der Waals surface area contributed by atoms with Gasteiger partial charge in [-0.2, -0.15) is 0 Å². The van der Waals surface area contributed by atoms with Crippen LogP contribution < -0.4 is 5.32 Å². The minimum absolute atomic E-state index is 0.0454. The first-order valence-electron chi connectivity index (χ1n) is 7.76. The molecule has 2 aromatic rings. The molecule has 2 rings (SSSR count). The Morgan fingerprint density at radius 2 is 1.74 bits per heavy atom. The number of carbonyl (C=O) groups is 1. The molecule has 0 aliphatic rings. The summed E-state index contributed by atoms with van der Waals surface area (Å²) < 4.78 is 15.3. The third-order valence-electron chi connectivity index (χ3n) is 4.49. The molecule has 8 N–H and O–H groups in total. The van der Waals surface area contributed by atoms with E-state index in [9.17, 15) is 29.6 Å². The maximum Gasteiger partial charge on any atom is 0.304 e. The second-order valence-electron chi connectivity index (χ2n) is 6.76. The number of amides is 1. The van der Waals surface area contributed by atoms with Crippen molar-refractivity contribution in [1.82, 2.24) is 4.57 Å². The van der Waals surface area contributed by atoms with E-state index in [1.807, 2.05) is 0 Å². The summed E-state index contributed by atoms with van der Waals surface area (Å²) in [7, 11) is 0. The summed E-state index contributed by atoms with van der Waals surface area (Å²) in [4.78, 5) is 10.6. The number of rotatable bonds is 7. The van der Waals surface area contributed by atoms with Crippen LogP contribution in [0.2, 0.25) is 0 Å². The van der Waals surface area contributed by atoms with Crippen LogP contribution in [0.4, 0.5) is 10.1 Å². The summed E-state index contributed by atoms with van der Waals surface area (Å²) in [6, 6.07) is 3.50. The summed E-state index contributed by atoms with van der Waals surface area (Å²) in [5.41, 5.74) is -1.97. The smallest absolute Gasteiger partial charge is 0.304 e. The van der Waals surface area contributed by atoms with Gasteiger partial charge in [0.15, 0.2) is 6.10 Å². The molecule has 0 bridgehead atoms. The van der Waals surface area contributed by atoms with Crippen molar-refractivity contribution in [2.45, 2.75) is 43.9 Å². The van der Waals surface area contributed by atoms with Gasteiger partial charge in [0.05, 0.1) is 23.2 Å². The Bertz CT molecular complexity index is 851. The molecule has 0 aliphatic carbocycles. The predicted octanol–water partition coefficient (Wildman–Crippen LogP) is -1.75. The Balaban J connectivity index is 2.76. The van der Waals surface area contributed by atoms with Crippen LogP contribution in [0, 0.1) is 5.82 Å². The predicted molar refractivity (Wildman–Crippen MR) is 89.4 cm³/mol. The van der Waals surface area contributed by atoms with E-state index in [1.165, 1.54) is 26.0 Å². The highest BCUT2D eigenvalue weighted by molar-refractivity contribution is 5.88. The lowest BCUT2D eigenvalue weighted by molar-refractivity contribution is -0.357. The Kier molecular flexibility index (Phi) is 5.33. The van der Waals surface area contributed by atoms with Gasteiger partial charge >= 0.3 is 5.97 Å². The highest BCUT2D eigenvalue weighted by Crippen LogP contribution is 2.37. The maximum atomic E-state index is 14.2. The molecule has 1 aromatic heterocycles. The number of anilines is 1. The fraction of sp³-hybridized carbons (Fsp3) is 0.438. The van der Waals surface area contributed by atoms with Gasteiger partial charge in [-0.25, -0.2) is 4.39 Å². The van der Waals surface area contributed by atoms with Crippen molar-refractivity contribution in [2.24, 2.45) is 0 Å². The zero-order valence-corrected chi connectivity index (χ0v) is 14.5. The quantitative estimate of drug-likeness (QED) is 0.203. The fourth-order valence-electron chi connectivity index (χ4n) is 2.64. The van der Waals surface area contributed by atoms with E-state index in [0.717, 1.165) is 10.6 Å². The lowest BCUT2D eigenvalue weighted by Gasteiger charge is -2.35. The molecule has 0 saturated carbocycles. The number of halogens is 1. The second kappa shape index (κ2) is 6.80. The minimum atomic E-state index is -3.48. The lowest BCUT2D eigenvalue weighted by atomic mass is 9.86. The second-order valence-corrected chi connectivity index (χ2v) is 6.76. The molecule has 1 heterocycles. The van der Waals surface area contributed by atoms with Gasteiger partial charge in [-0.1, -0.05) is 0 Å². The number of aromatic nitrogens is 1. The van der Waals surface area contributed by atoms with E-state index in [4.69, 9.17) is 15.3 Å². The van der Waals surface area contributed by atoms with E-state index in [2.05, 4.69) is 5.32 Å². The molecule has 1 unspecified atom stereocenters. The van der Waals surface area contributed by atoms with E-state index >= 15 is 0 Å². The summed E-state index contributed by atoms with van der Waals surface area (Å²) in [6.07, 6.45) is -1.91. The molecular formula is C16H21FN2O8. The summed E-state index contributed by atoms with van der Waals surface area (Å²) in [6.45, 7) is 1.76. The van der Waals surface area contributed by atoms with Crippen molar-refractivity contribution < 1.29 is 44.9 Å². The molecule has 0 fully saturated rings.